The van der Waals surface area contributed by atoms with Crippen LogP contribution in [0.5, 0.6) is 11.5 Å². The van der Waals surface area contributed by atoms with Crippen LogP contribution < -0.4 is 9.47 Å². The van der Waals surface area contributed by atoms with Gasteiger partial charge in [0.2, 0.25) is 5.79 Å². The van der Waals surface area contributed by atoms with Gasteiger partial charge in [0.15, 0.2) is 0 Å². The lowest BCUT2D eigenvalue weighted by atomic mass is 9.91. The first-order chi connectivity index (χ1) is 9.12. The van der Waals surface area contributed by atoms with Crippen LogP contribution in [0.4, 0.5) is 0 Å². The first-order valence-corrected chi connectivity index (χ1v) is 6.26. The number of rotatable bonds is 2. The number of benzene rings is 1. The van der Waals surface area contributed by atoms with Crippen LogP contribution in [0.2, 0.25) is 0 Å². The molecule has 5 nitrogen and oxygen atoms in total. The van der Waals surface area contributed by atoms with E-state index < -0.39 is 5.79 Å². The van der Waals surface area contributed by atoms with Gasteiger partial charge in [-0.3, -0.25) is 0 Å². The zero-order valence-corrected chi connectivity index (χ0v) is 11.2. The molecule has 2 atom stereocenters. The minimum atomic E-state index is -0.996. The van der Waals surface area contributed by atoms with Gasteiger partial charge < -0.3 is 18.9 Å². The third kappa shape index (κ3) is 1.54. The molecule has 2 aliphatic rings. The fourth-order valence-electron chi connectivity index (χ4n) is 2.80. The van der Waals surface area contributed by atoms with Crippen LogP contribution in [0.15, 0.2) is 12.1 Å². The van der Waals surface area contributed by atoms with Crippen LogP contribution in [0.3, 0.4) is 0 Å². The van der Waals surface area contributed by atoms with E-state index in [0.29, 0.717) is 29.2 Å². The van der Waals surface area contributed by atoms with Crippen molar-refractivity contribution in [2.24, 2.45) is 5.92 Å². The predicted molar refractivity (Wildman–Crippen MR) is 66.4 cm³/mol. The molecule has 1 aromatic rings. The first kappa shape index (κ1) is 12.3. The Kier molecular flexibility index (Phi) is 2.67. The molecule has 0 radical (unpaired) electrons. The highest BCUT2D eigenvalue weighted by molar-refractivity contribution is 5.96. The Morgan fingerprint density at radius 1 is 1.32 bits per heavy atom. The summed E-state index contributed by atoms with van der Waals surface area (Å²) in [4.78, 5) is 12.1. The highest BCUT2D eigenvalue weighted by Crippen LogP contribution is 2.52. The van der Waals surface area contributed by atoms with Gasteiger partial charge in [0, 0.05) is 12.0 Å². The van der Waals surface area contributed by atoms with Gasteiger partial charge in [0.25, 0.3) is 0 Å². The molecule has 5 heteroatoms. The zero-order valence-electron chi connectivity index (χ0n) is 11.2. The molecule has 1 aromatic carbocycles. The minimum absolute atomic E-state index is 0.0972. The summed E-state index contributed by atoms with van der Waals surface area (Å²) >= 11 is 0. The van der Waals surface area contributed by atoms with Gasteiger partial charge in [-0.05, 0) is 12.5 Å². The van der Waals surface area contributed by atoms with Gasteiger partial charge in [-0.25, -0.2) is 4.79 Å². The molecule has 2 unspecified atom stereocenters. The largest absolute Gasteiger partial charge is 0.497 e. The van der Waals surface area contributed by atoms with E-state index in [9.17, 15) is 4.79 Å². The van der Waals surface area contributed by atoms with Crippen LogP contribution in [0.25, 0.3) is 0 Å². The van der Waals surface area contributed by atoms with E-state index in [1.54, 1.807) is 26.4 Å². The van der Waals surface area contributed by atoms with Gasteiger partial charge in [-0.2, -0.15) is 0 Å². The Hall–Kier alpha value is -1.75. The number of hydrogen-bond donors (Lipinski definition) is 0. The summed E-state index contributed by atoms with van der Waals surface area (Å²) in [5, 5.41) is 0. The SMILES string of the molecule is COc1cc(OC)c2c(c1)C(=O)OC21OCCC1C. The Labute approximate surface area is 111 Å². The maximum absolute atomic E-state index is 12.1. The molecule has 3 rings (SSSR count). The second-order valence-electron chi connectivity index (χ2n) is 4.85. The Morgan fingerprint density at radius 2 is 2.11 bits per heavy atom. The number of carbonyl (C=O) groups excluding carboxylic acids is 1. The number of carbonyl (C=O) groups is 1. The van der Waals surface area contributed by atoms with Gasteiger partial charge in [-0.15, -0.1) is 0 Å². The topological polar surface area (TPSA) is 54.0 Å². The molecule has 1 fully saturated rings. The van der Waals surface area contributed by atoms with E-state index >= 15 is 0 Å². The van der Waals surface area contributed by atoms with Crippen molar-refractivity contribution in [3.63, 3.8) is 0 Å². The molecule has 0 saturated carbocycles. The van der Waals surface area contributed by atoms with Crippen molar-refractivity contribution in [1.29, 1.82) is 0 Å². The lowest BCUT2D eigenvalue weighted by Crippen LogP contribution is -2.31. The lowest BCUT2D eigenvalue weighted by Gasteiger charge is -2.28. The summed E-state index contributed by atoms with van der Waals surface area (Å²) in [5.74, 6) is -0.158. The van der Waals surface area contributed by atoms with Crippen molar-refractivity contribution in [1.82, 2.24) is 0 Å². The maximum atomic E-state index is 12.1. The molecule has 102 valence electrons. The summed E-state index contributed by atoms with van der Waals surface area (Å²) in [7, 11) is 3.11. The molecule has 0 N–H and O–H groups in total. The van der Waals surface area contributed by atoms with E-state index in [4.69, 9.17) is 18.9 Å². The van der Waals surface area contributed by atoms with Crippen LogP contribution in [-0.2, 0) is 15.3 Å². The second kappa shape index (κ2) is 4.13. The summed E-state index contributed by atoms with van der Waals surface area (Å²) in [6, 6.07) is 3.42. The molecule has 2 aliphatic heterocycles. The summed E-state index contributed by atoms with van der Waals surface area (Å²) in [5.41, 5.74) is 1.15. The highest BCUT2D eigenvalue weighted by atomic mass is 16.7. The fourth-order valence-corrected chi connectivity index (χ4v) is 2.80. The Bertz CT molecular complexity index is 539. The van der Waals surface area contributed by atoms with Gasteiger partial charge in [0.05, 0.1) is 32.0 Å². The van der Waals surface area contributed by atoms with E-state index in [1.165, 1.54) is 0 Å². The number of esters is 1. The third-order valence-electron chi connectivity index (χ3n) is 3.86. The molecule has 0 aromatic heterocycles. The van der Waals surface area contributed by atoms with Crippen molar-refractivity contribution in [3.8, 4) is 11.5 Å². The molecular weight excluding hydrogens is 248 g/mol. The lowest BCUT2D eigenvalue weighted by molar-refractivity contribution is -0.193. The molecule has 0 aliphatic carbocycles. The van der Waals surface area contributed by atoms with Gasteiger partial charge in [0.1, 0.15) is 11.5 Å². The van der Waals surface area contributed by atoms with Crippen LogP contribution in [-0.4, -0.2) is 26.8 Å². The molecule has 1 spiro atoms. The van der Waals surface area contributed by atoms with Crippen molar-refractivity contribution < 1.29 is 23.7 Å². The molecular formula is C14H16O5. The van der Waals surface area contributed by atoms with Crippen LogP contribution >= 0.6 is 0 Å². The highest BCUT2D eigenvalue weighted by Gasteiger charge is 2.55. The molecule has 0 bridgehead atoms. The standard InChI is InChI=1S/C14H16O5/c1-8-4-5-18-14(8)12-10(13(15)19-14)6-9(16-2)7-11(12)17-3/h6-8H,4-5H2,1-3H3. The van der Waals surface area contributed by atoms with E-state index in [0.717, 1.165) is 6.42 Å². The van der Waals surface area contributed by atoms with E-state index in [2.05, 4.69) is 0 Å². The van der Waals surface area contributed by atoms with Crippen LogP contribution in [0.1, 0.15) is 29.3 Å². The summed E-state index contributed by atoms with van der Waals surface area (Å²) in [6.45, 7) is 2.59. The normalized spacial score (nSPS) is 28.4. The maximum Gasteiger partial charge on any atom is 0.341 e. The summed E-state index contributed by atoms with van der Waals surface area (Å²) in [6.07, 6.45) is 0.849. The molecule has 19 heavy (non-hydrogen) atoms. The van der Waals surface area contributed by atoms with Crippen LogP contribution in [0, 0.1) is 5.92 Å². The quantitative estimate of drug-likeness (QED) is 0.765. The van der Waals surface area contributed by atoms with Gasteiger partial charge >= 0.3 is 5.97 Å². The monoisotopic (exact) mass is 264 g/mol. The minimum Gasteiger partial charge on any atom is -0.497 e. The number of ether oxygens (including phenoxy) is 4. The molecule has 1 saturated heterocycles. The zero-order chi connectivity index (χ0) is 13.6. The van der Waals surface area contributed by atoms with E-state index in [1.807, 2.05) is 6.92 Å². The first-order valence-electron chi connectivity index (χ1n) is 6.26. The average Bonchev–Trinajstić information content (AvgIpc) is 2.92. The Morgan fingerprint density at radius 3 is 2.68 bits per heavy atom. The molecule has 2 heterocycles. The number of methoxy groups -OCH3 is 2. The van der Waals surface area contributed by atoms with Crippen molar-refractivity contribution in [2.75, 3.05) is 20.8 Å². The van der Waals surface area contributed by atoms with E-state index in [-0.39, 0.29) is 11.9 Å². The molecule has 0 amide bonds. The number of fused-ring (bicyclic) bond motifs is 2. The van der Waals surface area contributed by atoms with Crippen molar-refractivity contribution in [3.05, 3.63) is 23.3 Å². The summed E-state index contributed by atoms with van der Waals surface area (Å²) < 4.78 is 21.9. The number of hydrogen-bond acceptors (Lipinski definition) is 5. The third-order valence-corrected chi connectivity index (χ3v) is 3.86. The second-order valence-corrected chi connectivity index (χ2v) is 4.85. The van der Waals surface area contributed by atoms with Crippen molar-refractivity contribution >= 4 is 5.97 Å². The van der Waals surface area contributed by atoms with Gasteiger partial charge in [-0.1, -0.05) is 6.92 Å². The smallest absolute Gasteiger partial charge is 0.341 e. The average molecular weight is 264 g/mol. The predicted octanol–water partition coefficient (Wildman–Crippen LogP) is 2.08. The van der Waals surface area contributed by atoms with Crippen molar-refractivity contribution in [2.45, 2.75) is 19.1 Å². The Balaban J connectivity index is 2.23. The fraction of sp³-hybridized carbons (Fsp3) is 0.500.